The Kier molecular flexibility index (Phi) is 2.89. The summed E-state index contributed by atoms with van der Waals surface area (Å²) in [6.07, 6.45) is 1.08. The van der Waals surface area contributed by atoms with E-state index < -0.39 is 0 Å². The van der Waals surface area contributed by atoms with Crippen LogP contribution in [-0.4, -0.2) is 16.1 Å². The van der Waals surface area contributed by atoms with Gasteiger partial charge in [0.2, 0.25) is 0 Å². The molecular formula is C17H16ClN3. The first-order valence-electron chi connectivity index (χ1n) is 7.29. The number of hydrogen-bond donors (Lipinski definition) is 1. The molecule has 0 bridgehead atoms. The van der Waals surface area contributed by atoms with Gasteiger partial charge < -0.3 is 9.88 Å². The highest BCUT2D eigenvalue weighted by molar-refractivity contribution is 6.31. The van der Waals surface area contributed by atoms with Crippen molar-refractivity contribution in [3.8, 4) is 11.4 Å². The van der Waals surface area contributed by atoms with E-state index in [1.165, 1.54) is 16.8 Å². The molecule has 0 fully saturated rings. The fraction of sp³-hybridized carbons (Fsp3) is 0.235. The van der Waals surface area contributed by atoms with E-state index >= 15 is 0 Å². The maximum atomic E-state index is 6.13. The highest BCUT2D eigenvalue weighted by atomic mass is 35.5. The standard InChI is InChI=1S/C17H16ClN3/c1-2-21-16-10-13(18)4-6-15(16)20-17(21)12-3-5-14-11(9-12)7-8-19-14/h3-6,9-10,19H,2,7-8H2,1H3. The summed E-state index contributed by atoms with van der Waals surface area (Å²) >= 11 is 6.13. The maximum absolute atomic E-state index is 6.13. The van der Waals surface area contributed by atoms with E-state index in [4.69, 9.17) is 16.6 Å². The molecule has 0 radical (unpaired) electrons. The van der Waals surface area contributed by atoms with Gasteiger partial charge in [0, 0.05) is 29.4 Å². The lowest BCUT2D eigenvalue weighted by atomic mass is 10.1. The minimum atomic E-state index is 0.752. The van der Waals surface area contributed by atoms with Crippen molar-refractivity contribution >= 4 is 28.3 Å². The van der Waals surface area contributed by atoms with Crippen LogP contribution in [0.2, 0.25) is 5.02 Å². The predicted molar refractivity (Wildman–Crippen MR) is 88.0 cm³/mol. The molecule has 0 amide bonds. The summed E-state index contributed by atoms with van der Waals surface area (Å²) in [7, 11) is 0. The number of fused-ring (bicyclic) bond motifs is 2. The van der Waals surface area contributed by atoms with Gasteiger partial charge in [0.05, 0.1) is 11.0 Å². The van der Waals surface area contributed by atoms with Crippen molar-refractivity contribution in [2.75, 3.05) is 11.9 Å². The van der Waals surface area contributed by atoms with Crippen molar-refractivity contribution < 1.29 is 0 Å². The average molecular weight is 298 g/mol. The summed E-state index contributed by atoms with van der Waals surface area (Å²) in [5.41, 5.74) is 5.89. The van der Waals surface area contributed by atoms with E-state index in [0.717, 1.165) is 41.4 Å². The van der Waals surface area contributed by atoms with Crippen molar-refractivity contribution in [1.29, 1.82) is 0 Å². The van der Waals surface area contributed by atoms with Crippen LogP contribution in [0.15, 0.2) is 36.4 Å². The maximum Gasteiger partial charge on any atom is 0.141 e. The molecule has 2 aromatic carbocycles. The number of imidazole rings is 1. The summed E-state index contributed by atoms with van der Waals surface area (Å²) < 4.78 is 2.23. The van der Waals surface area contributed by atoms with Crippen LogP contribution < -0.4 is 5.32 Å². The zero-order valence-electron chi connectivity index (χ0n) is 11.9. The van der Waals surface area contributed by atoms with Gasteiger partial charge in [-0.15, -0.1) is 0 Å². The molecule has 4 heteroatoms. The lowest BCUT2D eigenvalue weighted by Crippen LogP contribution is -1.97. The fourth-order valence-corrected chi connectivity index (χ4v) is 3.25. The zero-order valence-corrected chi connectivity index (χ0v) is 12.6. The second-order valence-corrected chi connectivity index (χ2v) is 5.80. The second kappa shape index (κ2) is 4.78. The molecule has 1 aliphatic rings. The van der Waals surface area contributed by atoms with E-state index in [1.54, 1.807) is 0 Å². The van der Waals surface area contributed by atoms with E-state index in [2.05, 4.69) is 35.0 Å². The Balaban J connectivity index is 1.93. The van der Waals surface area contributed by atoms with Gasteiger partial charge in [-0.05, 0) is 55.3 Å². The number of halogens is 1. The second-order valence-electron chi connectivity index (χ2n) is 5.36. The number of aryl methyl sites for hydroxylation is 1. The Morgan fingerprint density at radius 2 is 2.14 bits per heavy atom. The minimum absolute atomic E-state index is 0.752. The van der Waals surface area contributed by atoms with E-state index in [0.29, 0.717) is 0 Å². The molecule has 0 unspecified atom stereocenters. The molecule has 21 heavy (non-hydrogen) atoms. The molecule has 106 valence electrons. The highest BCUT2D eigenvalue weighted by Crippen LogP contribution is 2.31. The SMILES string of the molecule is CCn1c(-c2ccc3c(c2)CCN3)nc2ccc(Cl)cc21. The van der Waals surface area contributed by atoms with Crippen LogP contribution >= 0.6 is 11.6 Å². The van der Waals surface area contributed by atoms with Gasteiger partial charge in [0.1, 0.15) is 5.82 Å². The first-order valence-corrected chi connectivity index (χ1v) is 7.67. The summed E-state index contributed by atoms with van der Waals surface area (Å²) in [4.78, 5) is 4.80. The summed E-state index contributed by atoms with van der Waals surface area (Å²) in [5.74, 6) is 1.02. The molecule has 0 atom stereocenters. The number of hydrogen-bond acceptors (Lipinski definition) is 2. The Hall–Kier alpha value is -2.00. The quantitative estimate of drug-likeness (QED) is 0.762. The number of anilines is 1. The Labute approximate surface area is 128 Å². The van der Waals surface area contributed by atoms with Crippen LogP contribution in [0.3, 0.4) is 0 Å². The molecule has 0 saturated carbocycles. The van der Waals surface area contributed by atoms with Crippen LogP contribution in [-0.2, 0) is 13.0 Å². The molecule has 0 saturated heterocycles. The monoisotopic (exact) mass is 297 g/mol. The summed E-state index contributed by atoms with van der Waals surface area (Å²) in [6, 6.07) is 12.4. The fourth-order valence-electron chi connectivity index (χ4n) is 3.08. The molecule has 1 N–H and O–H groups in total. The lowest BCUT2D eigenvalue weighted by Gasteiger charge is -2.08. The van der Waals surface area contributed by atoms with Gasteiger partial charge >= 0.3 is 0 Å². The molecule has 4 rings (SSSR count). The largest absolute Gasteiger partial charge is 0.384 e. The van der Waals surface area contributed by atoms with Crippen LogP contribution in [0.5, 0.6) is 0 Å². The van der Waals surface area contributed by atoms with Gasteiger partial charge in [0.15, 0.2) is 0 Å². The van der Waals surface area contributed by atoms with Gasteiger partial charge in [-0.1, -0.05) is 11.6 Å². The number of benzene rings is 2. The summed E-state index contributed by atoms with van der Waals surface area (Å²) in [5, 5.41) is 4.15. The van der Waals surface area contributed by atoms with Crippen molar-refractivity contribution in [3.05, 3.63) is 47.0 Å². The van der Waals surface area contributed by atoms with E-state index in [-0.39, 0.29) is 0 Å². The normalized spacial score (nSPS) is 13.4. The molecule has 0 aliphatic carbocycles. The van der Waals surface area contributed by atoms with Gasteiger partial charge in [-0.25, -0.2) is 4.98 Å². The molecule has 1 aliphatic heterocycles. The first kappa shape index (κ1) is 12.7. The van der Waals surface area contributed by atoms with Gasteiger partial charge in [0.25, 0.3) is 0 Å². The van der Waals surface area contributed by atoms with Crippen LogP contribution in [0.4, 0.5) is 5.69 Å². The van der Waals surface area contributed by atoms with E-state index in [9.17, 15) is 0 Å². The third kappa shape index (κ3) is 2.00. The van der Waals surface area contributed by atoms with Gasteiger partial charge in [-0.3, -0.25) is 0 Å². The zero-order chi connectivity index (χ0) is 14.4. The molecule has 2 heterocycles. The predicted octanol–water partition coefficient (Wildman–Crippen LogP) is 4.34. The van der Waals surface area contributed by atoms with Gasteiger partial charge in [-0.2, -0.15) is 0 Å². The van der Waals surface area contributed by atoms with Crippen molar-refractivity contribution in [1.82, 2.24) is 9.55 Å². The van der Waals surface area contributed by atoms with Crippen molar-refractivity contribution in [3.63, 3.8) is 0 Å². The number of rotatable bonds is 2. The smallest absolute Gasteiger partial charge is 0.141 e. The third-order valence-corrected chi connectivity index (χ3v) is 4.33. The lowest BCUT2D eigenvalue weighted by molar-refractivity contribution is 0.796. The molecule has 0 spiro atoms. The van der Waals surface area contributed by atoms with Crippen LogP contribution in [0, 0.1) is 0 Å². The molecule has 3 aromatic rings. The summed E-state index contributed by atoms with van der Waals surface area (Å²) in [6.45, 7) is 4.04. The minimum Gasteiger partial charge on any atom is -0.384 e. The third-order valence-electron chi connectivity index (χ3n) is 4.10. The molecule has 3 nitrogen and oxygen atoms in total. The topological polar surface area (TPSA) is 29.9 Å². The van der Waals surface area contributed by atoms with Crippen molar-refractivity contribution in [2.45, 2.75) is 19.9 Å². The number of aromatic nitrogens is 2. The van der Waals surface area contributed by atoms with Crippen molar-refractivity contribution in [2.24, 2.45) is 0 Å². The number of nitrogens with one attached hydrogen (secondary N) is 1. The Morgan fingerprint density at radius 1 is 1.24 bits per heavy atom. The van der Waals surface area contributed by atoms with Crippen LogP contribution in [0.1, 0.15) is 12.5 Å². The Bertz CT molecular complexity index is 835. The van der Waals surface area contributed by atoms with Crippen LogP contribution in [0.25, 0.3) is 22.4 Å². The molecule has 1 aromatic heterocycles. The first-order chi connectivity index (χ1) is 10.3. The number of nitrogens with zero attached hydrogens (tertiary/aromatic N) is 2. The molecular weight excluding hydrogens is 282 g/mol. The Morgan fingerprint density at radius 3 is 3.00 bits per heavy atom. The average Bonchev–Trinajstić information content (AvgIpc) is 3.09. The van der Waals surface area contributed by atoms with E-state index in [1.807, 2.05) is 18.2 Å². The highest BCUT2D eigenvalue weighted by Gasteiger charge is 2.15.